The van der Waals surface area contributed by atoms with Crippen molar-refractivity contribution in [3.63, 3.8) is 0 Å². The number of nitrogens with zero attached hydrogens (tertiary/aromatic N) is 1. The van der Waals surface area contributed by atoms with E-state index in [4.69, 9.17) is 24.2 Å². The van der Waals surface area contributed by atoms with Crippen LogP contribution in [-0.4, -0.2) is 32.8 Å². The summed E-state index contributed by atoms with van der Waals surface area (Å²) in [6, 6.07) is 14.0. The van der Waals surface area contributed by atoms with Gasteiger partial charge in [0.1, 0.15) is 17.4 Å². The first-order chi connectivity index (χ1) is 14.5. The van der Waals surface area contributed by atoms with E-state index in [9.17, 15) is 9.59 Å². The number of ether oxygens (including phenoxy) is 4. The Morgan fingerprint density at radius 1 is 1.03 bits per heavy atom. The molecule has 0 aliphatic rings. The third-order valence-corrected chi connectivity index (χ3v) is 4.12. The molecule has 30 heavy (non-hydrogen) atoms. The molecule has 0 radical (unpaired) electrons. The van der Waals surface area contributed by atoms with E-state index in [1.807, 2.05) is 30.3 Å². The van der Waals surface area contributed by atoms with E-state index in [1.165, 1.54) is 13.2 Å². The summed E-state index contributed by atoms with van der Waals surface area (Å²) in [7, 11) is 3.03. The van der Waals surface area contributed by atoms with E-state index in [-0.39, 0.29) is 24.4 Å². The molecule has 2 aromatic carbocycles. The minimum atomic E-state index is -0.701. The summed E-state index contributed by atoms with van der Waals surface area (Å²) in [4.78, 5) is 24.0. The summed E-state index contributed by atoms with van der Waals surface area (Å²) in [6.45, 7) is 1.83. The third-order valence-electron chi connectivity index (χ3n) is 4.12. The number of aryl methyl sites for hydroxylation is 1. The summed E-state index contributed by atoms with van der Waals surface area (Å²) >= 11 is 0. The van der Waals surface area contributed by atoms with Crippen molar-refractivity contribution in [1.29, 1.82) is 5.26 Å². The molecule has 0 atom stereocenters. The normalized spacial score (nSPS) is 10.7. The van der Waals surface area contributed by atoms with Crippen molar-refractivity contribution in [2.24, 2.45) is 0 Å². The van der Waals surface area contributed by atoms with Gasteiger partial charge in [-0.2, -0.15) is 5.26 Å². The van der Waals surface area contributed by atoms with Gasteiger partial charge in [0.2, 0.25) is 0 Å². The summed E-state index contributed by atoms with van der Waals surface area (Å²) < 4.78 is 20.6. The van der Waals surface area contributed by atoms with Crippen LogP contribution >= 0.6 is 0 Å². The van der Waals surface area contributed by atoms with Crippen LogP contribution < -0.4 is 14.2 Å². The van der Waals surface area contributed by atoms with E-state index in [0.717, 1.165) is 11.3 Å². The van der Waals surface area contributed by atoms with Crippen LogP contribution in [0, 0.1) is 11.3 Å². The Morgan fingerprint density at radius 3 is 2.37 bits per heavy atom. The molecule has 7 heteroatoms. The molecule has 0 aromatic heterocycles. The summed E-state index contributed by atoms with van der Waals surface area (Å²) in [5, 5.41) is 9.14. The van der Waals surface area contributed by atoms with E-state index in [1.54, 1.807) is 32.2 Å². The lowest BCUT2D eigenvalue weighted by Crippen LogP contribution is -2.10. The summed E-state index contributed by atoms with van der Waals surface area (Å²) in [5.41, 5.74) is 1.39. The Balaban J connectivity index is 2.05. The molecule has 0 fully saturated rings. The number of hydrogen-bond donors (Lipinski definition) is 0. The molecular weight excluding hydrogens is 386 g/mol. The molecule has 156 valence electrons. The summed E-state index contributed by atoms with van der Waals surface area (Å²) in [6.07, 6.45) is 2.10. The van der Waals surface area contributed by atoms with E-state index >= 15 is 0 Å². The molecule has 0 spiro atoms. The van der Waals surface area contributed by atoms with Gasteiger partial charge in [-0.25, -0.2) is 4.79 Å². The number of rotatable bonds is 9. The molecule has 2 aromatic rings. The minimum Gasteiger partial charge on any atom is -0.497 e. The van der Waals surface area contributed by atoms with Gasteiger partial charge in [0.25, 0.3) is 0 Å². The molecule has 0 amide bonds. The standard InChI is InChI=1S/C23H23NO6/c1-4-29-23(26)18(15-24)13-17-7-11-20(21(14-17)28-3)30-22(25)12-8-16-5-9-19(27-2)10-6-16/h5-7,9-11,13-14H,4,8,12H2,1-3H3/b18-13+. The van der Waals surface area contributed by atoms with Crippen LogP contribution in [0.3, 0.4) is 0 Å². The summed E-state index contributed by atoms with van der Waals surface area (Å²) in [5.74, 6) is 0.207. The fraction of sp³-hybridized carbons (Fsp3) is 0.261. The van der Waals surface area contributed by atoms with Gasteiger partial charge in [0, 0.05) is 6.42 Å². The second kappa shape index (κ2) is 11.3. The van der Waals surface area contributed by atoms with Gasteiger partial charge in [0.15, 0.2) is 11.5 Å². The molecule has 0 bridgehead atoms. The molecule has 2 rings (SSSR count). The highest BCUT2D eigenvalue weighted by Gasteiger charge is 2.13. The lowest BCUT2D eigenvalue weighted by Gasteiger charge is -2.10. The van der Waals surface area contributed by atoms with Crippen molar-refractivity contribution in [1.82, 2.24) is 0 Å². The highest BCUT2D eigenvalue weighted by Crippen LogP contribution is 2.29. The molecule has 0 N–H and O–H groups in total. The average molecular weight is 409 g/mol. The monoisotopic (exact) mass is 409 g/mol. The molecule has 0 saturated carbocycles. The average Bonchev–Trinajstić information content (AvgIpc) is 2.77. The van der Waals surface area contributed by atoms with E-state index < -0.39 is 11.9 Å². The van der Waals surface area contributed by atoms with Gasteiger partial charge in [-0.15, -0.1) is 0 Å². The molecule has 0 aliphatic heterocycles. The number of carbonyl (C=O) groups excluding carboxylic acids is 2. The first kappa shape index (κ1) is 22.5. The number of esters is 2. The molecule has 0 saturated heterocycles. The predicted octanol–water partition coefficient (Wildman–Crippen LogP) is 3.71. The minimum absolute atomic E-state index is 0.136. The number of hydrogen-bond acceptors (Lipinski definition) is 7. The lowest BCUT2D eigenvalue weighted by atomic mass is 10.1. The SMILES string of the molecule is CCOC(=O)/C(C#N)=C/c1ccc(OC(=O)CCc2ccc(OC)cc2)c(OC)c1. The molecular formula is C23H23NO6. The van der Waals surface area contributed by atoms with Crippen molar-refractivity contribution < 1.29 is 28.5 Å². The van der Waals surface area contributed by atoms with Crippen LogP contribution in [-0.2, 0) is 20.7 Å². The third kappa shape index (κ3) is 6.38. The highest BCUT2D eigenvalue weighted by atomic mass is 16.6. The van der Waals surface area contributed by atoms with Crippen LogP contribution in [0.2, 0.25) is 0 Å². The van der Waals surface area contributed by atoms with Gasteiger partial charge in [-0.3, -0.25) is 4.79 Å². The number of benzene rings is 2. The van der Waals surface area contributed by atoms with Crippen molar-refractivity contribution in [2.75, 3.05) is 20.8 Å². The zero-order valence-corrected chi connectivity index (χ0v) is 17.1. The van der Waals surface area contributed by atoms with Gasteiger partial charge in [-0.1, -0.05) is 18.2 Å². The Bertz CT molecular complexity index is 957. The zero-order chi connectivity index (χ0) is 21.9. The first-order valence-electron chi connectivity index (χ1n) is 9.31. The maximum atomic E-state index is 12.2. The second-order valence-corrected chi connectivity index (χ2v) is 6.12. The maximum absolute atomic E-state index is 12.2. The van der Waals surface area contributed by atoms with Gasteiger partial charge >= 0.3 is 11.9 Å². The van der Waals surface area contributed by atoms with Crippen LogP contribution in [0.5, 0.6) is 17.2 Å². The Kier molecular flexibility index (Phi) is 8.45. The van der Waals surface area contributed by atoms with Gasteiger partial charge in [0.05, 0.1) is 20.8 Å². The lowest BCUT2D eigenvalue weighted by molar-refractivity contribution is -0.138. The number of nitriles is 1. The number of carbonyl (C=O) groups is 2. The molecule has 0 aliphatic carbocycles. The Labute approximate surface area is 175 Å². The fourth-order valence-electron chi connectivity index (χ4n) is 2.58. The van der Waals surface area contributed by atoms with Crippen LogP contribution in [0.15, 0.2) is 48.0 Å². The number of methoxy groups -OCH3 is 2. The van der Waals surface area contributed by atoms with Crippen LogP contribution in [0.1, 0.15) is 24.5 Å². The Morgan fingerprint density at radius 2 is 1.77 bits per heavy atom. The first-order valence-corrected chi connectivity index (χ1v) is 9.31. The largest absolute Gasteiger partial charge is 0.497 e. The van der Waals surface area contributed by atoms with E-state index in [0.29, 0.717) is 17.7 Å². The molecule has 0 unspecified atom stereocenters. The van der Waals surface area contributed by atoms with Crippen molar-refractivity contribution in [3.8, 4) is 23.3 Å². The highest BCUT2D eigenvalue weighted by molar-refractivity contribution is 5.98. The zero-order valence-electron chi connectivity index (χ0n) is 17.1. The van der Waals surface area contributed by atoms with Crippen molar-refractivity contribution in [2.45, 2.75) is 19.8 Å². The maximum Gasteiger partial charge on any atom is 0.348 e. The predicted molar refractivity (Wildman–Crippen MR) is 110 cm³/mol. The van der Waals surface area contributed by atoms with Crippen LogP contribution in [0.4, 0.5) is 0 Å². The van der Waals surface area contributed by atoms with Crippen LogP contribution in [0.25, 0.3) is 6.08 Å². The van der Waals surface area contributed by atoms with Crippen molar-refractivity contribution >= 4 is 18.0 Å². The molecule has 7 nitrogen and oxygen atoms in total. The topological polar surface area (TPSA) is 94.9 Å². The second-order valence-electron chi connectivity index (χ2n) is 6.12. The van der Waals surface area contributed by atoms with Crippen molar-refractivity contribution in [3.05, 3.63) is 59.2 Å². The van der Waals surface area contributed by atoms with E-state index in [2.05, 4.69) is 0 Å². The smallest absolute Gasteiger partial charge is 0.348 e. The van der Waals surface area contributed by atoms with Gasteiger partial charge < -0.3 is 18.9 Å². The quantitative estimate of drug-likeness (QED) is 0.270. The fourth-order valence-corrected chi connectivity index (χ4v) is 2.58. The Hall–Kier alpha value is -3.79. The molecule has 0 heterocycles. The van der Waals surface area contributed by atoms with Gasteiger partial charge in [-0.05, 0) is 54.8 Å².